The maximum absolute atomic E-state index is 12.9. The van der Waals surface area contributed by atoms with Crippen molar-refractivity contribution in [2.45, 2.75) is 39.7 Å². The molecule has 1 aliphatic rings. The maximum Gasteiger partial charge on any atom is 0.339 e. The molecule has 140 valence electrons. The first kappa shape index (κ1) is 19.7. The summed E-state index contributed by atoms with van der Waals surface area (Å²) in [6, 6.07) is -0.234. The highest BCUT2D eigenvalue weighted by atomic mass is 16.5. The molecule has 1 N–H and O–H groups in total. The van der Waals surface area contributed by atoms with Crippen LogP contribution in [0.25, 0.3) is 0 Å². The fourth-order valence-electron chi connectivity index (χ4n) is 3.62. The number of aromatic nitrogens is 1. The van der Waals surface area contributed by atoms with E-state index in [0.717, 1.165) is 19.6 Å². The molecule has 6 nitrogen and oxygen atoms in total. The first-order valence-corrected chi connectivity index (χ1v) is 8.96. The van der Waals surface area contributed by atoms with Gasteiger partial charge in [0.25, 0.3) is 0 Å². The Morgan fingerprint density at radius 2 is 1.92 bits per heavy atom. The van der Waals surface area contributed by atoms with Crippen LogP contribution in [0.15, 0.2) is 0 Å². The normalized spacial score (nSPS) is 17.7. The van der Waals surface area contributed by atoms with Crippen LogP contribution in [0, 0.1) is 19.8 Å². The van der Waals surface area contributed by atoms with Gasteiger partial charge in [-0.1, -0.05) is 0 Å². The number of aryl methyl sites for hydroxylation is 1. The van der Waals surface area contributed by atoms with Crippen molar-refractivity contribution in [2.24, 2.45) is 5.92 Å². The molecule has 1 saturated heterocycles. The third-order valence-electron chi connectivity index (χ3n) is 5.50. The summed E-state index contributed by atoms with van der Waals surface area (Å²) in [4.78, 5) is 32.4. The molecule has 2 rings (SSSR count). The molecule has 0 radical (unpaired) electrons. The number of nitrogens with zero attached hydrogens (tertiary/aromatic N) is 2. The van der Waals surface area contributed by atoms with E-state index in [1.165, 1.54) is 20.0 Å². The number of carbonyl (C=O) groups is 2. The van der Waals surface area contributed by atoms with Crippen LogP contribution in [0.5, 0.6) is 0 Å². The van der Waals surface area contributed by atoms with Crippen molar-refractivity contribution in [1.82, 2.24) is 14.8 Å². The summed E-state index contributed by atoms with van der Waals surface area (Å²) in [6.07, 6.45) is 2.35. The molecule has 1 atom stereocenters. The Morgan fingerprint density at radius 1 is 1.32 bits per heavy atom. The van der Waals surface area contributed by atoms with E-state index in [2.05, 4.69) is 21.8 Å². The van der Waals surface area contributed by atoms with Crippen LogP contribution in [0.1, 0.15) is 51.9 Å². The molecule has 25 heavy (non-hydrogen) atoms. The highest BCUT2D eigenvalue weighted by Gasteiger charge is 2.28. The summed E-state index contributed by atoms with van der Waals surface area (Å²) in [5, 5.41) is 0. The SMILES string of the molecule is COC(=O)c1c(C)[nH]c(C(=O)[C@@H](C)N(C)CC2CCN(C)CC2)c1C. The lowest BCUT2D eigenvalue weighted by molar-refractivity contribution is 0.0599. The van der Waals surface area contributed by atoms with Gasteiger partial charge in [-0.05, 0) is 72.3 Å². The molecule has 1 aromatic rings. The smallest absolute Gasteiger partial charge is 0.339 e. The highest BCUT2D eigenvalue weighted by Crippen LogP contribution is 2.22. The quantitative estimate of drug-likeness (QED) is 0.630. The van der Waals surface area contributed by atoms with Crippen LogP contribution >= 0.6 is 0 Å². The number of likely N-dealkylation sites (N-methyl/N-ethyl adjacent to an activating group) is 1. The third kappa shape index (κ3) is 4.30. The lowest BCUT2D eigenvalue weighted by atomic mass is 9.95. The van der Waals surface area contributed by atoms with E-state index in [0.29, 0.717) is 28.4 Å². The summed E-state index contributed by atoms with van der Waals surface area (Å²) < 4.78 is 4.82. The van der Waals surface area contributed by atoms with Gasteiger partial charge in [0, 0.05) is 12.2 Å². The number of rotatable bonds is 6. The van der Waals surface area contributed by atoms with Gasteiger partial charge in [-0.2, -0.15) is 0 Å². The number of carbonyl (C=O) groups excluding carboxylic acids is 2. The van der Waals surface area contributed by atoms with Crippen molar-refractivity contribution in [1.29, 1.82) is 0 Å². The van der Waals surface area contributed by atoms with Gasteiger partial charge >= 0.3 is 5.97 Å². The number of ketones is 1. The van der Waals surface area contributed by atoms with Crippen LogP contribution in [0.2, 0.25) is 0 Å². The highest BCUT2D eigenvalue weighted by molar-refractivity contribution is 6.03. The van der Waals surface area contributed by atoms with Gasteiger partial charge in [-0.25, -0.2) is 4.79 Å². The van der Waals surface area contributed by atoms with Gasteiger partial charge in [-0.3, -0.25) is 9.69 Å². The lowest BCUT2D eigenvalue weighted by Crippen LogP contribution is -2.42. The first-order chi connectivity index (χ1) is 11.8. The van der Waals surface area contributed by atoms with Crippen molar-refractivity contribution in [3.05, 3.63) is 22.5 Å². The Hall–Kier alpha value is -1.66. The molecule has 0 aromatic carbocycles. The average molecular weight is 349 g/mol. The van der Waals surface area contributed by atoms with Crippen molar-refractivity contribution in [3.8, 4) is 0 Å². The van der Waals surface area contributed by atoms with Gasteiger partial charge in [0.05, 0.1) is 24.4 Å². The zero-order chi connectivity index (χ0) is 18.7. The molecule has 1 fully saturated rings. The molecular weight excluding hydrogens is 318 g/mol. The van der Waals surface area contributed by atoms with Gasteiger partial charge in [0.15, 0.2) is 5.78 Å². The number of likely N-dealkylation sites (tertiary alicyclic amines) is 1. The zero-order valence-electron chi connectivity index (χ0n) is 16.3. The second-order valence-corrected chi connectivity index (χ2v) is 7.34. The molecule has 1 aromatic heterocycles. The Morgan fingerprint density at radius 3 is 2.48 bits per heavy atom. The molecule has 2 heterocycles. The number of piperidine rings is 1. The average Bonchev–Trinajstić information content (AvgIpc) is 2.89. The number of ether oxygens (including phenoxy) is 1. The second kappa shape index (κ2) is 8.15. The minimum atomic E-state index is -0.405. The summed E-state index contributed by atoms with van der Waals surface area (Å²) in [5.41, 5.74) is 2.34. The topological polar surface area (TPSA) is 65.6 Å². The molecule has 1 aliphatic heterocycles. The van der Waals surface area contributed by atoms with E-state index >= 15 is 0 Å². The molecule has 0 saturated carbocycles. The number of methoxy groups -OCH3 is 1. The molecule has 6 heteroatoms. The lowest BCUT2D eigenvalue weighted by Gasteiger charge is -2.33. The second-order valence-electron chi connectivity index (χ2n) is 7.34. The number of nitrogens with one attached hydrogen (secondary N) is 1. The number of H-pyrrole nitrogens is 1. The number of hydrogen-bond donors (Lipinski definition) is 1. The molecule has 0 bridgehead atoms. The summed E-state index contributed by atoms with van der Waals surface area (Å²) in [6.45, 7) is 8.69. The van der Waals surface area contributed by atoms with Crippen molar-refractivity contribution < 1.29 is 14.3 Å². The van der Waals surface area contributed by atoms with Crippen LogP contribution < -0.4 is 0 Å². The predicted molar refractivity (Wildman–Crippen MR) is 98.2 cm³/mol. The van der Waals surface area contributed by atoms with Gasteiger partial charge in [0.1, 0.15) is 0 Å². The molecular formula is C19H31N3O3. The van der Waals surface area contributed by atoms with Crippen LogP contribution in [0.4, 0.5) is 0 Å². The summed E-state index contributed by atoms with van der Waals surface area (Å²) >= 11 is 0. The fourth-order valence-corrected chi connectivity index (χ4v) is 3.62. The Labute approximate surface area is 150 Å². The Bertz CT molecular complexity index is 630. The van der Waals surface area contributed by atoms with E-state index < -0.39 is 5.97 Å². The van der Waals surface area contributed by atoms with E-state index in [9.17, 15) is 9.59 Å². The predicted octanol–water partition coefficient (Wildman–Crippen LogP) is 2.26. The van der Waals surface area contributed by atoms with Crippen molar-refractivity contribution in [3.63, 3.8) is 0 Å². The van der Waals surface area contributed by atoms with Gasteiger partial charge in [-0.15, -0.1) is 0 Å². The number of hydrogen-bond acceptors (Lipinski definition) is 5. The van der Waals surface area contributed by atoms with E-state index in [1.807, 2.05) is 14.0 Å². The van der Waals surface area contributed by atoms with Crippen molar-refractivity contribution >= 4 is 11.8 Å². The number of aromatic amines is 1. The van der Waals surface area contributed by atoms with E-state index in [4.69, 9.17) is 4.74 Å². The van der Waals surface area contributed by atoms with Gasteiger partial charge in [0.2, 0.25) is 0 Å². The number of esters is 1. The Balaban J connectivity index is 2.08. The minimum Gasteiger partial charge on any atom is -0.465 e. The van der Waals surface area contributed by atoms with Crippen molar-refractivity contribution in [2.75, 3.05) is 40.8 Å². The third-order valence-corrected chi connectivity index (χ3v) is 5.50. The van der Waals surface area contributed by atoms with Gasteiger partial charge < -0.3 is 14.6 Å². The van der Waals surface area contributed by atoms with E-state index in [1.54, 1.807) is 13.8 Å². The Kier molecular flexibility index (Phi) is 6.41. The number of Topliss-reactive ketones (excluding diaryl/α,β-unsaturated/α-hetero) is 1. The monoisotopic (exact) mass is 349 g/mol. The molecule has 0 unspecified atom stereocenters. The molecule has 0 amide bonds. The van der Waals surface area contributed by atoms with Crippen LogP contribution in [-0.2, 0) is 4.74 Å². The fraction of sp³-hybridized carbons (Fsp3) is 0.684. The van der Waals surface area contributed by atoms with Crippen LogP contribution in [-0.4, -0.2) is 73.4 Å². The zero-order valence-corrected chi connectivity index (χ0v) is 16.3. The molecule has 0 aliphatic carbocycles. The van der Waals surface area contributed by atoms with E-state index in [-0.39, 0.29) is 11.8 Å². The largest absolute Gasteiger partial charge is 0.465 e. The molecule has 0 spiro atoms. The maximum atomic E-state index is 12.9. The summed E-state index contributed by atoms with van der Waals surface area (Å²) in [7, 11) is 5.52. The minimum absolute atomic E-state index is 0.0196. The first-order valence-electron chi connectivity index (χ1n) is 8.96. The standard InChI is InChI=1S/C19H31N3O3/c1-12-16(19(24)25-6)13(2)20-17(12)18(23)14(3)22(5)11-15-7-9-21(4)10-8-15/h14-15,20H,7-11H2,1-6H3/t14-/m1/s1. The van der Waals surface area contributed by atoms with Crippen LogP contribution in [0.3, 0.4) is 0 Å². The summed E-state index contributed by atoms with van der Waals surface area (Å²) in [5.74, 6) is 0.248.